The van der Waals surface area contributed by atoms with E-state index in [4.69, 9.17) is 23.7 Å². The molecule has 0 aliphatic carbocycles. The molecule has 0 aromatic heterocycles. The molecule has 10 nitrogen and oxygen atoms in total. The fourth-order valence-electron chi connectivity index (χ4n) is 4.42. The van der Waals surface area contributed by atoms with Gasteiger partial charge in [-0.05, 0) is 122 Å². The Bertz CT molecular complexity index is 1060. The molecule has 66 heavy (non-hydrogen) atoms. The van der Waals surface area contributed by atoms with Gasteiger partial charge >= 0.3 is 0 Å². The minimum atomic E-state index is -2.85. The first-order valence-corrected chi connectivity index (χ1v) is 24.0. The number of hydrogen-bond acceptors (Lipinski definition) is 10. The van der Waals surface area contributed by atoms with E-state index in [9.17, 15) is 35.1 Å². The van der Waals surface area contributed by atoms with Crippen LogP contribution in [-0.2, 0) is 28.4 Å². The van der Waals surface area contributed by atoms with Crippen molar-refractivity contribution in [3.05, 3.63) is 0 Å². The lowest BCUT2D eigenvalue weighted by molar-refractivity contribution is -0.0897. The predicted octanol–water partition coefficient (Wildman–Crippen LogP) is 11.0. The van der Waals surface area contributed by atoms with E-state index in [0.29, 0.717) is 46.0 Å². The maximum absolute atomic E-state index is 13.4. The Hall–Kier alpha value is -0.960. The van der Waals surface area contributed by atoms with Gasteiger partial charge in [0, 0.05) is 74.3 Å². The van der Waals surface area contributed by atoms with Gasteiger partial charge in [0.2, 0.25) is 0 Å². The summed E-state index contributed by atoms with van der Waals surface area (Å²) in [5, 5.41) is 12.5. The average molecular weight is 981 g/mol. The maximum atomic E-state index is 13.4. The first kappa shape index (κ1) is 71.6. The van der Waals surface area contributed by atoms with Crippen molar-refractivity contribution in [3.63, 3.8) is 0 Å². The zero-order valence-corrected chi connectivity index (χ0v) is 44.4. The van der Waals surface area contributed by atoms with Crippen LogP contribution in [0.1, 0.15) is 156 Å². The largest absolute Gasteiger partial charge is 0.379 e. The van der Waals surface area contributed by atoms with Gasteiger partial charge in [-0.15, -0.1) is 0 Å². The predicted molar refractivity (Wildman–Crippen MR) is 256 cm³/mol. The van der Waals surface area contributed by atoms with Gasteiger partial charge in [0.15, 0.2) is 0 Å². The summed E-state index contributed by atoms with van der Waals surface area (Å²) in [6, 6.07) is 0. The van der Waals surface area contributed by atoms with Gasteiger partial charge in [-0.25, -0.2) is 35.1 Å². The third kappa shape index (κ3) is 65.1. The van der Waals surface area contributed by atoms with Crippen molar-refractivity contribution in [2.75, 3.05) is 105 Å². The summed E-state index contributed by atoms with van der Waals surface area (Å²) >= 11 is 0. The quantitative estimate of drug-likeness (QED) is 0.0368. The first-order chi connectivity index (χ1) is 30.2. The summed E-state index contributed by atoms with van der Waals surface area (Å²) in [5.74, 6) is -8.29. The van der Waals surface area contributed by atoms with Crippen LogP contribution in [0.3, 0.4) is 0 Å². The lowest BCUT2D eigenvalue weighted by Gasteiger charge is -2.23. The summed E-state index contributed by atoms with van der Waals surface area (Å²) in [4.78, 5) is 0. The molecule has 0 amide bonds. The number of nitrogens with one attached hydrogen (secondary N) is 4. The fraction of sp³-hybridized carbons (Fsp3) is 1.00. The van der Waals surface area contributed by atoms with Crippen LogP contribution in [-0.4, -0.2) is 158 Å². The van der Waals surface area contributed by atoms with Crippen molar-refractivity contribution in [1.29, 1.82) is 0 Å². The topological polar surface area (TPSA) is 104 Å². The Balaban J connectivity index is -0.000000389. The molecule has 404 valence electrons. The molecule has 0 aromatic rings. The number of ether oxygens (including phenoxy) is 6. The lowest BCUT2D eigenvalue weighted by Crippen LogP contribution is -2.41. The molecule has 0 aliphatic heterocycles. The molecule has 18 heteroatoms. The van der Waals surface area contributed by atoms with Crippen LogP contribution < -0.4 is 21.3 Å². The second-order valence-electron chi connectivity index (χ2n) is 20.4. The highest BCUT2D eigenvalue weighted by Crippen LogP contribution is 2.20. The molecule has 0 fully saturated rings. The van der Waals surface area contributed by atoms with E-state index in [0.717, 1.165) is 32.4 Å². The molecule has 4 N–H and O–H groups in total. The minimum Gasteiger partial charge on any atom is -0.379 e. The van der Waals surface area contributed by atoms with Gasteiger partial charge in [0.05, 0.1) is 39.6 Å². The van der Waals surface area contributed by atoms with E-state index in [1.54, 1.807) is 0 Å². The normalized spacial score (nSPS) is 13.8. The van der Waals surface area contributed by atoms with Crippen molar-refractivity contribution in [2.24, 2.45) is 0 Å². The summed E-state index contributed by atoms with van der Waals surface area (Å²) in [6.45, 7) is 34.4. The number of rotatable bonds is 34. The second-order valence-corrected chi connectivity index (χ2v) is 20.4. The van der Waals surface area contributed by atoms with Crippen LogP contribution in [0.2, 0.25) is 0 Å². The van der Waals surface area contributed by atoms with Gasteiger partial charge < -0.3 is 49.7 Å². The zero-order valence-electron chi connectivity index (χ0n) is 44.4. The van der Waals surface area contributed by atoms with E-state index in [1.807, 2.05) is 48.5 Å². The van der Waals surface area contributed by atoms with Crippen molar-refractivity contribution in [3.8, 4) is 0 Å². The number of hydrogen-bond donors (Lipinski definition) is 4. The Morgan fingerprint density at radius 1 is 0.394 bits per heavy atom. The molecule has 0 saturated heterocycles. The van der Waals surface area contributed by atoms with Gasteiger partial charge in [-0.1, -0.05) is 27.7 Å². The monoisotopic (exact) mass is 981 g/mol. The van der Waals surface area contributed by atoms with E-state index in [-0.39, 0.29) is 74.3 Å². The minimum absolute atomic E-state index is 0.0502. The van der Waals surface area contributed by atoms with Gasteiger partial charge in [0.25, 0.3) is 17.8 Å². The molecule has 0 saturated carbocycles. The lowest BCUT2D eigenvalue weighted by atomic mass is 10.1. The van der Waals surface area contributed by atoms with Crippen LogP contribution in [0, 0.1) is 0 Å². The highest BCUT2D eigenvalue weighted by molar-refractivity contribution is 4.75. The van der Waals surface area contributed by atoms with Crippen molar-refractivity contribution in [1.82, 2.24) is 21.3 Å². The van der Waals surface area contributed by atoms with Crippen LogP contribution in [0.15, 0.2) is 0 Å². The highest BCUT2D eigenvalue weighted by Gasteiger charge is 2.30. The Kier molecular flexibility index (Phi) is 43.1. The summed E-state index contributed by atoms with van der Waals surface area (Å²) < 4.78 is 134. The molecule has 2 unspecified atom stereocenters. The molecular weight excluding hydrogens is 881 g/mol. The summed E-state index contributed by atoms with van der Waals surface area (Å²) in [6.07, 6.45) is 0.378. The van der Waals surface area contributed by atoms with Gasteiger partial charge in [-0.2, -0.15) is 0 Å². The van der Waals surface area contributed by atoms with Crippen molar-refractivity contribution in [2.45, 2.75) is 208 Å². The van der Waals surface area contributed by atoms with Crippen molar-refractivity contribution >= 4 is 0 Å². The molecule has 0 bridgehead atoms. The summed E-state index contributed by atoms with van der Waals surface area (Å²) in [5.41, 5.74) is -0.190. The Morgan fingerprint density at radius 3 is 1.23 bits per heavy atom. The number of alkyl halides is 8. The highest BCUT2D eigenvalue weighted by atomic mass is 19.3. The average Bonchev–Trinajstić information content (AvgIpc) is 3.17. The molecule has 0 aromatic carbocycles. The molecular formula is C48H100F8N4O6. The van der Waals surface area contributed by atoms with Crippen LogP contribution in [0.4, 0.5) is 35.1 Å². The molecule has 2 atom stereocenters. The second kappa shape index (κ2) is 39.7. The molecule has 0 spiro atoms. The maximum Gasteiger partial charge on any atom is 0.272 e. The smallest absolute Gasteiger partial charge is 0.272 e. The van der Waals surface area contributed by atoms with Crippen LogP contribution in [0.25, 0.3) is 0 Å². The molecule has 0 rings (SSSR count). The van der Waals surface area contributed by atoms with E-state index in [2.05, 4.69) is 74.5 Å². The third-order valence-electron chi connectivity index (χ3n) is 8.25. The van der Waals surface area contributed by atoms with E-state index >= 15 is 0 Å². The third-order valence-corrected chi connectivity index (χ3v) is 8.25. The molecule has 0 heterocycles. The van der Waals surface area contributed by atoms with E-state index in [1.165, 1.54) is 13.8 Å². The Labute approximate surface area is 397 Å². The zero-order chi connectivity index (χ0) is 52.0. The van der Waals surface area contributed by atoms with Gasteiger partial charge in [0.1, 0.15) is 32.2 Å². The first-order valence-electron chi connectivity index (χ1n) is 24.0. The van der Waals surface area contributed by atoms with Gasteiger partial charge in [-0.3, -0.25) is 0 Å². The SMILES string of the molecule is CCC(F)(F)COCC(F)CNC(C)(C)C.CCC(F)(F)COCCCNC(C)(C)C.CCCOCCOCC(F)(F)CCNC(C)(C)C.CCCOCCOCC(F)CCNC(C)(C)C. The standard InChI is InChI=1S/C13H27F2NO2.C13H28FNO2.C11H22F3NO.C11H23F2NO/c1-5-8-17-9-10-18-11-13(14,15)6-7-16-12(2,3)4;1-5-8-16-9-10-17-11-12(14)6-7-15-13(2,3)4;1-5-11(13,14)8-16-7-9(12)6-15-10(2,3)4;1-5-11(12,13)9-15-8-6-7-14-10(2,3)4/h16H,5-11H2,1-4H3;12,15H,5-11H2,1-4H3;9,15H,5-8H2,1-4H3;14H,5-9H2,1-4H3. The number of halogens is 8. The molecule has 0 aliphatic rings. The van der Waals surface area contributed by atoms with Crippen LogP contribution in [0.5, 0.6) is 0 Å². The van der Waals surface area contributed by atoms with E-state index < -0.39 is 49.9 Å². The summed E-state index contributed by atoms with van der Waals surface area (Å²) in [7, 11) is 0. The van der Waals surface area contributed by atoms with Crippen molar-refractivity contribution < 1.29 is 63.5 Å². The molecule has 0 radical (unpaired) electrons. The Morgan fingerprint density at radius 2 is 0.773 bits per heavy atom. The fourth-order valence-corrected chi connectivity index (χ4v) is 4.42. The van der Waals surface area contributed by atoms with Crippen LogP contribution >= 0.6 is 0 Å².